The maximum absolute atomic E-state index is 2.37. The Morgan fingerprint density at radius 1 is 0.667 bits per heavy atom. The van der Waals surface area contributed by atoms with E-state index in [0.717, 1.165) is 0 Å². The first-order valence-electron chi connectivity index (χ1n) is 7.78. The summed E-state index contributed by atoms with van der Waals surface area (Å²) in [6, 6.07) is 4.75. The van der Waals surface area contributed by atoms with Gasteiger partial charge in [-0.15, -0.1) is 0 Å². The molecular weight excluding hydrogens is 216 g/mol. The maximum atomic E-state index is 2.37. The Labute approximate surface area is 114 Å². The Hall–Kier alpha value is -0.780. The molecule has 0 radical (unpaired) electrons. The van der Waals surface area contributed by atoms with Crippen molar-refractivity contribution < 1.29 is 0 Å². The average Bonchev–Trinajstić information content (AvgIpc) is 2.37. The van der Waals surface area contributed by atoms with Gasteiger partial charge in [-0.3, -0.25) is 0 Å². The Morgan fingerprint density at radius 3 is 1.39 bits per heavy atom. The molecule has 0 bridgehead atoms. The topological polar surface area (TPSA) is 0 Å². The molecule has 0 amide bonds. The molecular formula is C18H30. The van der Waals surface area contributed by atoms with Gasteiger partial charge >= 0.3 is 0 Å². The van der Waals surface area contributed by atoms with Crippen LogP contribution in [0.4, 0.5) is 0 Å². The maximum Gasteiger partial charge on any atom is -0.0276 e. The molecule has 1 aromatic carbocycles. The van der Waals surface area contributed by atoms with E-state index in [9.17, 15) is 0 Å². The summed E-state index contributed by atoms with van der Waals surface area (Å²) in [6.07, 6.45) is 10.5. The molecule has 0 fully saturated rings. The number of benzene rings is 1. The summed E-state index contributed by atoms with van der Waals surface area (Å²) < 4.78 is 0. The van der Waals surface area contributed by atoms with E-state index in [0.29, 0.717) is 0 Å². The van der Waals surface area contributed by atoms with Crippen LogP contribution in [0, 0.1) is 13.8 Å². The summed E-state index contributed by atoms with van der Waals surface area (Å²) in [4.78, 5) is 0. The monoisotopic (exact) mass is 246 g/mol. The van der Waals surface area contributed by atoms with Crippen molar-refractivity contribution in [1.29, 1.82) is 0 Å². The Kier molecular flexibility index (Phi) is 7.08. The molecule has 0 saturated heterocycles. The van der Waals surface area contributed by atoms with E-state index in [1.165, 1.54) is 51.4 Å². The van der Waals surface area contributed by atoms with Crippen LogP contribution < -0.4 is 0 Å². The largest absolute Gasteiger partial charge is 0.0654 e. The molecule has 0 unspecified atom stereocenters. The molecule has 1 aromatic rings. The van der Waals surface area contributed by atoms with E-state index < -0.39 is 0 Å². The molecule has 0 aliphatic rings. The fourth-order valence-electron chi connectivity index (χ4n) is 2.61. The van der Waals surface area contributed by atoms with Crippen LogP contribution in [0.1, 0.15) is 74.6 Å². The molecule has 18 heavy (non-hydrogen) atoms. The van der Waals surface area contributed by atoms with Crippen molar-refractivity contribution in [2.45, 2.75) is 79.1 Å². The zero-order valence-electron chi connectivity index (χ0n) is 12.8. The van der Waals surface area contributed by atoms with Crippen LogP contribution in [0.5, 0.6) is 0 Å². The molecule has 0 aromatic heterocycles. The lowest BCUT2D eigenvalue weighted by Gasteiger charge is -2.13. The summed E-state index contributed by atoms with van der Waals surface area (Å²) in [5.74, 6) is 0. The summed E-state index contributed by atoms with van der Waals surface area (Å²) in [6.45, 7) is 9.16. The van der Waals surface area contributed by atoms with Crippen molar-refractivity contribution >= 4 is 0 Å². The van der Waals surface area contributed by atoms with Gasteiger partial charge in [0.15, 0.2) is 0 Å². The normalized spacial score (nSPS) is 10.9. The van der Waals surface area contributed by atoms with E-state index in [1.807, 2.05) is 0 Å². The first-order valence-corrected chi connectivity index (χ1v) is 7.78. The summed E-state index contributed by atoms with van der Waals surface area (Å²) in [7, 11) is 0. The van der Waals surface area contributed by atoms with Gasteiger partial charge in [0.25, 0.3) is 0 Å². The third-order valence-electron chi connectivity index (χ3n) is 4.11. The van der Waals surface area contributed by atoms with E-state index >= 15 is 0 Å². The van der Waals surface area contributed by atoms with E-state index in [-0.39, 0.29) is 0 Å². The van der Waals surface area contributed by atoms with Crippen LogP contribution in [-0.2, 0) is 12.8 Å². The molecule has 0 heterocycles. The minimum Gasteiger partial charge on any atom is -0.0654 e. The standard InChI is InChI=1S/C18H30/c1-5-7-9-11-17-13-14-18(12-10-8-6-2)16(4)15(17)3/h13-14H,5-12H2,1-4H3. The van der Waals surface area contributed by atoms with Crippen LogP contribution in [0.2, 0.25) is 0 Å². The van der Waals surface area contributed by atoms with Gasteiger partial charge < -0.3 is 0 Å². The lowest BCUT2D eigenvalue weighted by Crippen LogP contribution is -1.98. The van der Waals surface area contributed by atoms with Gasteiger partial charge in [-0.2, -0.15) is 0 Å². The highest BCUT2D eigenvalue weighted by atomic mass is 14.1. The molecule has 0 aliphatic heterocycles. The quantitative estimate of drug-likeness (QED) is 0.511. The zero-order valence-corrected chi connectivity index (χ0v) is 12.8. The molecule has 0 spiro atoms. The first-order chi connectivity index (χ1) is 8.70. The molecule has 0 saturated carbocycles. The minimum absolute atomic E-state index is 1.26. The highest BCUT2D eigenvalue weighted by Gasteiger charge is 2.06. The van der Waals surface area contributed by atoms with Crippen molar-refractivity contribution in [2.24, 2.45) is 0 Å². The van der Waals surface area contributed by atoms with Crippen LogP contribution in [0.3, 0.4) is 0 Å². The van der Waals surface area contributed by atoms with Gasteiger partial charge in [0.2, 0.25) is 0 Å². The van der Waals surface area contributed by atoms with E-state index in [4.69, 9.17) is 0 Å². The number of unbranched alkanes of at least 4 members (excludes halogenated alkanes) is 4. The molecule has 0 aliphatic carbocycles. The number of hydrogen-bond donors (Lipinski definition) is 0. The summed E-state index contributed by atoms with van der Waals surface area (Å²) >= 11 is 0. The molecule has 0 N–H and O–H groups in total. The average molecular weight is 246 g/mol. The van der Waals surface area contributed by atoms with Crippen LogP contribution in [0.15, 0.2) is 12.1 Å². The molecule has 102 valence electrons. The molecule has 0 nitrogen and oxygen atoms in total. The van der Waals surface area contributed by atoms with Crippen molar-refractivity contribution in [3.8, 4) is 0 Å². The second-order valence-electron chi connectivity index (χ2n) is 5.55. The predicted molar refractivity (Wildman–Crippen MR) is 82.4 cm³/mol. The number of rotatable bonds is 8. The lowest BCUT2D eigenvalue weighted by atomic mass is 9.92. The second kappa shape index (κ2) is 8.34. The fraction of sp³-hybridized carbons (Fsp3) is 0.667. The third kappa shape index (κ3) is 4.48. The molecule has 0 atom stereocenters. The van der Waals surface area contributed by atoms with Gasteiger partial charge in [0.05, 0.1) is 0 Å². The number of aryl methyl sites for hydroxylation is 2. The Balaban J connectivity index is 2.65. The fourth-order valence-corrected chi connectivity index (χ4v) is 2.61. The van der Waals surface area contributed by atoms with Crippen molar-refractivity contribution in [1.82, 2.24) is 0 Å². The van der Waals surface area contributed by atoms with Crippen molar-refractivity contribution in [2.75, 3.05) is 0 Å². The Morgan fingerprint density at radius 2 is 1.06 bits per heavy atom. The van der Waals surface area contributed by atoms with Gasteiger partial charge in [-0.1, -0.05) is 51.7 Å². The van der Waals surface area contributed by atoms with Gasteiger partial charge in [0.1, 0.15) is 0 Å². The van der Waals surface area contributed by atoms with Crippen LogP contribution in [0.25, 0.3) is 0 Å². The number of hydrogen-bond acceptors (Lipinski definition) is 0. The molecule has 0 heteroatoms. The highest BCUT2D eigenvalue weighted by Crippen LogP contribution is 2.21. The minimum atomic E-state index is 1.26. The first kappa shape index (κ1) is 15.3. The van der Waals surface area contributed by atoms with E-state index in [2.05, 4.69) is 39.8 Å². The van der Waals surface area contributed by atoms with E-state index in [1.54, 1.807) is 22.3 Å². The zero-order chi connectivity index (χ0) is 13.4. The smallest absolute Gasteiger partial charge is 0.0276 e. The Bertz CT molecular complexity index is 314. The third-order valence-corrected chi connectivity index (χ3v) is 4.11. The summed E-state index contributed by atoms with van der Waals surface area (Å²) in [5, 5.41) is 0. The highest BCUT2D eigenvalue weighted by molar-refractivity contribution is 5.39. The van der Waals surface area contributed by atoms with Gasteiger partial charge in [0, 0.05) is 0 Å². The van der Waals surface area contributed by atoms with Crippen molar-refractivity contribution in [3.63, 3.8) is 0 Å². The van der Waals surface area contributed by atoms with Gasteiger partial charge in [-0.25, -0.2) is 0 Å². The van der Waals surface area contributed by atoms with Gasteiger partial charge in [-0.05, 0) is 61.8 Å². The predicted octanol–water partition coefficient (Wildman–Crippen LogP) is 5.77. The van der Waals surface area contributed by atoms with Crippen LogP contribution >= 0.6 is 0 Å². The lowest BCUT2D eigenvalue weighted by molar-refractivity contribution is 0.708. The second-order valence-corrected chi connectivity index (χ2v) is 5.55. The summed E-state index contributed by atoms with van der Waals surface area (Å²) in [5.41, 5.74) is 6.22. The van der Waals surface area contributed by atoms with Crippen molar-refractivity contribution in [3.05, 3.63) is 34.4 Å². The molecule has 1 rings (SSSR count). The van der Waals surface area contributed by atoms with Crippen LogP contribution in [-0.4, -0.2) is 0 Å². The SMILES string of the molecule is CCCCCc1ccc(CCCCC)c(C)c1C.